The smallest absolute Gasteiger partial charge is 0.191 e. The molecule has 7 nitrogen and oxygen atoms in total. The first kappa shape index (κ1) is 20.0. The Kier molecular flexibility index (Phi) is 6.79. The Morgan fingerprint density at radius 2 is 2.12 bits per heavy atom. The van der Waals surface area contributed by atoms with Gasteiger partial charge in [-0.05, 0) is 36.1 Å². The first-order chi connectivity index (χ1) is 12.3. The Morgan fingerprint density at radius 3 is 2.69 bits per heavy atom. The zero-order valence-electron chi connectivity index (χ0n) is 15.7. The average Bonchev–Trinajstić information content (AvgIpc) is 3.06. The van der Waals surface area contributed by atoms with Crippen molar-refractivity contribution in [2.45, 2.75) is 31.8 Å². The van der Waals surface area contributed by atoms with Gasteiger partial charge in [0.15, 0.2) is 15.8 Å². The molecule has 8 heteroatoms. The van der Waals surface area contributed by atoms with Gasteiger partial charge in [-0.1, -0.05) is 19.1 Å². The third-order valence-corrected chi connectivity index (χ3v) is 5.26. The lowest BCUT2D eigenvalue weighted by atomic mass is 10.1. The molecule has 0 aliphatic rings. The number of guanidine groups is 1. The number of hydrogen-bond donors (Lipinski definition) is 2. The second kappa shape index (κ2) is 8.84. The fourth-order valence-electron chi connectivity index (χ4n) is 2.71. The zero-order valence-corrected chi connectivity index (χ0v) is 16.5. The van der Waals surface area contributed by atoms with Crippen LogP contribution < -0.4 is 10.6 Å². The van der Waals surface area contributed by atoms with Crippen LogP contribution in [0.25, 0.3) is 0 Å². The van der Waals surface area contributed by atoms with E-state index >= 15 is 0 Å². The molecular formula is C18H27N5O2S. The minimum Gasteiger partial charge on any atom is -0.356 e. The van der Waals surface area contributed by atoms with E-state index in [1.54, 1.807) is 19.3 Å². The highest BCUT2D eigenvalue weighted by atomic mass is 32.2. The van der Waals surface area contributed by atoms with Crippen molar-refractivity contribution >= 4 is 15.8 Å². The van der Waals surface area contributed by atoms with Crippen LogP contribution in [0.1, 0.15) is 18.1 Å². The molecule has 0 saturated carbocycles. The number of aromatic nitrogens is 2. The minimum atomic E-state index is -3.19. The second-order valence-electron chi connectivity index (χ2n) is 6.51. The van der Waals surface area contributed by atoms with E-state index in [1.165, 1.54) is 6.26 Å². The molecule has 2 aromatic rings. The van der Waals surface area contributed by atoms with Gasteiger partial charge in [0.1, 0.15) is 0 Å². The number of nitrogens with one attached hydrogen (secondary N) is 2. The molecule has 0 bridgehead atoms. The summed E-state index contributed by atoms with van der Waals surface area (Å²) in [4.78, 5) is 4.60. The van der Waals surface area contributed by atoms with Crippen molar-refractivity contribution in [1.29, 1.82) is 0 Å². The first-order valence-electron chi connectivity index (χ1n) is 8.51. The molecule has 1 aromatic heterocycles. The van der Waals surface area contributed by atoms with Crippen molar-refractivity contribution in [3.63, 3.8) is 0 Å². The van der Waals surface area contributed by atoms with E-state index in [2.05, 4.69) is 27.6 Å². The van der Waals surface area contributed by atoms with Gasteiger partial charge >= 0.3 is 0 Å². The fraction of sp³-hybridized carbons (Fsp3) is 0.444. The maximum absolute atomic E-state index is 11.7. The van der Waals surface area contributed by atoms with E-state index in [1.807, 2.05) is 36.0 Å². The quantitative estimate of drug-likeness (QED) is 0.565. The Balaban J connectivity index is 1.86. The van der Waals surface area contributed by atoms with E-state index in [4.69, 9.17) is 0 Å². The molecule has 26 heavy (non-hydrogen) atoms. The third kappa shape index (κ3) is 5.87. The molecule has 0 aliphatic heterocycles. The van der Waals surface area contributed by atoms with Gasteiger partial charge in [0.05, 0.1) is 4.90 Å². The number of benzene rings is 1. The predicted molar refractivity (Wildman–Crippen MR) is 104 cm³/mol. The van der Waals surface area contributed by atoms with Gasteiger partial charge in [-0.3, -0.25) is 9.67 Å². The molecule has 0 radical (unpaired) electrons. The van der Waals surface area contributed by atoms with E-state index in [9.17, 15) is 8.42 Å². The molecule has 2 rings (SSSR count). The van der Waals surface area contributed by atoms with Crippen molar-refractivity contribution in [2.75, 3.05) is 19.8 Å². The Morgan fingerprint density at radius 1 is 1.35 bits per heavy atom. The van der Waals surface area contributed by atoms with Crippen molar-refractivity contribution in [1.82, 2.24) is 20.4 Å². The lowest BCUT2D eigenvalue weighted by molar-refractivity contribution is 0.443. The highest BCUT2D eigenvalue weighted by Crippen LogP contribution is 2.16. The Hall–Kier alpha value is -2.35. The average molecular weight is 378 g/mol. The summed E-state index contributed by atoms with van der Waals surface area (Å²) in [6.45, 7) is 6.13. The van der Waals surface area contributed by atoms with Crippen LogP contribution in [0.4, 0.5) is 0 Å². The van der Waals surface area contributed by atoms with Crippen molar-refractivity contribution in [2.24, 2.45) is 10.9 Å². The molecule has 0 aliphatic carbocycles. The summed E-state index contributed by atoms with van der Waals surface area (Å²) in [5.74, 6) is 1.10. The molecule has 1 unspecified atom stereocenters. The first-order valence-corrected chi connectivity index (χ1v) is 10.4. The lowest BCUT2D eigenvalue weighted by Crippen LogP contribution is -2.39. The van der Waals surface area contributed by atoms with Gasteiger partial charge in [-0.15, -0.1) is 0 Å². The second-order valence-corrected chi connectivity index (χ2v) is 8.50. The number of aliphatic imine (C=N–C) groups is 1. The van der Waals surface area contributed by atoms with Crippen LogP contribution in [0.15, 0.2) is 46.5 Å². The van der Waals surface area contributed by atoms with Crippen molar-refractivity contribution < 1.29 is 8.42 Å². The highest BCUT2D eigenvalue weighted by molar-refractivity contribution is 7.90. The van der Waals surface area contributed by atoms with Crippen molar-refractivity contribution in [3.05, 3.63) is 47.8 Å². The summed E-state index contributed by atoms with van der Waals surface area (Å²) in [6.07, 6.45) is 4.95. The number of sulfone groups is 1. The maximum atomic E-state index is 11.7. The summed E-state index contributed by atoms with van der Waals surface area (Å²) < 4.78 is 25.3. The number of hydrogen-bond acceptors (Lipinski definition) is 4. The Labute approximate surface area is 155 Å². The van der Waals surface area contributed by atoms with E-state index in [0.717, 1.165) is 24.2 Å². The molecule has 0 saturated heterocycles. The molecule has 0 amide bonds. The van der Waals surface area contributed by atoms with Gasteiger partial charge in [-0.2, -0.15) is 5.10 Å². The summed E-state index contributed by atoms with van der Waals surface area (Å²) in [5, 5.41) is 10.8. The molecule has 1 heterocycles. The zero-order chi connectivity index (χ0) is 19.2. The molecule has 1 atom stereocenters. The van der Waals surface area contributed by atoms with Crippen molar-refractivity contribution in [3.8, 4) is 0 Å². The van der Waals surface area contributed by atoms with Crippen LogP contribution in [0, 0.1) is 12.8 Å². The molecule has 0 fully saturated rings. The van der Waals surface area contributed by atoms with E-state index in [-0.39, 0.29) is 0 Å². The highest BCUT2D eigenvalue weighted by Gasteiger charge is 2.11. The maximum Gasteiger partial charge on any atom is 0.191 e. The van der Waals surface area contributed by atoms with E-state index < -0.39 is 9.84 Å². The van der Waals surface area contributed by atoms with Crippen LogP contribution >= 0.6 is 0 Å². The SMILES string of the molecule is CN=C(NCc1ccc(S(C)(=O)=O)c(C)c1)NCC(C)Cn1cccn1. The van der Waals surface area contributed by atoms with Crippen LogP contribution in [-0.2, 0) is 22.9 Å². The summed E-state index contributed by atoms with van der Waals surface area (Å²) >= 11 is 0. The van der Waals surface area contributed by atoms with Crippen LogP contribution in [-0.4, -0.2) is 44.0 Å². The predicted octanol–water partition coefficient (Wildman–Crippen LogP) is 1.60. The van der Waals surface area contributed by atoms with Gasteiger partial charge in [-0.25, -0.2) is 8.42 Å². The Bertz CT molecular complexity index is 844. The molecular weight excluding hydrogens is 350 g/mol. The van der Waals surface area contributed by atoms with E-state index in [0.29, 0.717) is 23.3 Å². The van der Waals surface area contributed by atoms with Crippen LogP contribution in [0.3, 0.4) is 0 Å². The summed E-state index contributed by atoms with van der Waals surface area (Å²) in [6, 6.07) is 7.28. The van der Waals surface area contributed by atoms with Crippen LogP contribution in [0.2, 0.25) is 0 Å². The fourth-order valence-corrected chi connectivity index (χ4v) is 3.67. The minimum absolute atomic E-state index is 0.371. The largest absolute Gasteiger partial charge is 0.356 e. The number of rotatable bonds is 7. The molecule has 0 spiro atoms. The van der Waals surface area contributed by atoms with Gasteiger partial charge < -0.3 is 10.6 Å². The normalized spacial score (nSPS) is 13.5. The molecule has 142 valence electrons. The summed E-state index contributed by atoms with van der Waals surface area (Å²) in [5.41, 5.74) is 1.75. The van der Waals surface area contributed by atoms with Gasteiger partial charge in [0.2, 0.25) is 0 Å². The molecule has 2 N–H and O–H groups in total. The number of aryl methyl sites for hydroxylation is 1. The van der Waals surface area contributed by atoms with Gasteiger partial charge in [0, 0.05) is 45.3 Å². The third-order valence-electron chi connectivity index (χ3n) is 4.00. The lowest BCUT2D eigenvalue weighted by Gasteiger charge is -2.16. The van der Waals surface area contributed by atoms with Gasteiger partial charge in [0.25, 0.3) is 0 Å². The standard InChI is InChI=1S/C18H27N5O2S/c1-14(13-23-9-5-8-22-23)11-20-18(19-3)21-12-16-6-7-17(15(2)10-16)26(4,24)25/h5-10,14H,11-13H2,1-4H3,(H2,19,20,21). The summed E-state index contributed by atoms with van der Waals surface area (Å²) in [7, 11) is -1.46. The van der Waals surface area contributed by atoms with Crippen LogP contribution in [0.5, 0.6) is 0 Å². The number of nitrogens with zero attached hydrogens (tertiary/aromatic N) is 3. The monoisotopic (exact) mass is 377 g/mol. The molecule has 1 aromatic carbocycles. The topological polar surface area (TPSA) is 88.4 Å².